The minimum Gasteiger partial charge on any atom is -0.312 e. The summed E-state index contributed by atoms with van der Waals surface area (Å²) >= 11 is 0. The van der Waals surface area contributed by atoms with Crippen LogP contribution in [0.25, 0.3) is 0 Å². The molecule has 1 N–H and O–H groups in total. The van der Waals surface area contributed by atoms with Crippen LogP contribution in [0.3, 0.4) is 0 Å². The molecule has 16 heavy (non-hydrogen) atoms. The molecule has 1 aliphatic rings. The molecule has 0 bridgehead atoms. The molecular weight excluding hydrogens is 198 g/mol. The molecule has 3 heteroatoms. The Balaban J connectivity index is 1.94. The fraction of sp³-hybridized carbons (Fsp3) is 0.692. The van der Waals surface area contributed by atoms with Crippen molar-refractivity contribution < 1.29 is 0 Å². The number of hydrogen-bond acceptors (Lipinski definition) is 3. The summed E-state index contributed by atoms with van der Waals surface area (Å²) < 4.78 is 0. The second-order valence-corrected chi connectivity index (χ2v) is 4.71. The zero-order chi connectivity index (χ0) is 11.2. The molecule has 0 aliphatic heterocycles. The predicted molar refractivity (Wildman–Crippen MR) is 65.0 cm³/mol. The highest BCUT2D eigenvalue weighted by Crippen LogP contribution is 2.30. The minimum atomic E-state index is 0.372. The van der Waals surface area contributed by atoms with Crippen LogP contribution in [0.15, 0.2) is 18.6 Å². The van der Waals surface area contributed by atoms with Gasteiger partial charge in [-0.25, -0.2) is 0 Å². The Bertz CT molecular complexity index is 293. The molecule has 1 atom stereocenters. The highest BCUT2D eigenvalue weighted by atomic mass is 14.9. The van der Waals surface area contributed by atoms with Crippen molar-refractivity contribution in [2.24, 2.45) is 5.92 Å². The first-order chi connectivity index (χ1) is 7.90. The smallest absolute Gasteiger partial charge is 0.0756 e. The quantitative estimate of drug-likeness (QED) is 0.846. The number of rotatable bonds is 4. The molecule has 0 saturated heterocycles. The fourth-order valence-electron chi connectivity index (χ4n) is 2.63. The van der Waals surface area contributed by atoms with E-state index in [1.165, 1.54) is 38.5 Å². The first-order valence-electron chi connectivity index (χ1n) is 6.33. The van der Waals surface area contributed by atoms with E-state index in [1.54, 1.807) is 12.4 Å². The first-order valence-corrected chi connectivity index (χ1v) is 6.33. The number of nitrogens with zero attached hydrogens (tertiary/aromatic N) is 2. The average molecular weight is 219 g/mol. The molecule has 0 spiro atoms. The summed E-state index contributed by atoms with van der Waals surface area (Å²) in [4.78, 5) is 8.53. The van der Waals surface area contributed by atoms with Crippen molar-refractivity contribution in [3.63, 3.8) is 0 Å². The largest absolute Gasteiger partial charge is 0.312 e. The lowest BCUT2D eigenvalue weighted by atomic mass is 9.84. The third-order valence-corrected chi connectivity index (χ3v) is 3.58. The Morgan fingerprint density at radius 3 is 2.75 bits per heavy atom. The summed E-state index contributed by atoms with van der Waals surface area (Å²) in [7, 11) is 2.02. The summed E-state index contributed by atoms with van der Waals surface area (Å²) in [5.74, 6) is 0.869. The van der Waals surface area contributed by atoms with E-state index in [1.807, 2.05) is 13.2 Å². The SMILES string of the molecule is CNC(CC1CCCCC1)c1cnccn1. The van der Waals surface area contributed by atoms with Gasteiger partial charge in [0.05, 0.1) is 11.7 Å². The van der Waals surface area contributed by atoms with E-state index in [9.17, 15) is 0 Å². The summed E-state index contributed by atoms with van der Waals surface area (Å²) in [6, 6.07) is 0.372. The molecule has 1 unspecified atom stereocenters. The Hall–Kier alpha value is -0.960. The minimum absolute atomic E-state index is 0.372. The standard InChI is InChI=1S/C13H21N3/c1-14-12(13-10-15-7-8-16-13)9-11-5-3-2-4-6-11/h7-8,10-12,14H,2-6,9H2,1H3. The Labute approximate surface area is 97.7 Å². The van der Waals surface area contributed by atoms with E-state index in [0.717, 1.165) is 11.6 Å². The molecule has 0 amide bonds. The van der Waals surface area contributed by atoms with Gasteiger partial charge < -0.3 is 5.32 Å². The fourth-order valence-corrected chi connectivity index (χ4v) is 2.63. The van der Waals surface area contributed by atoms with Crippen LogP contribution >= 0.6 is 0 Å². The number of aromatic nitrogens is 2. The van der Waals surface area contributed by atoms with E-state index in [2.05, 4.69) is 15.3 Å². The number of hydrogen-bond donors (Lipinski definition) is 1. The normalized spacial score (nSPS) is 19.6. The number of nitrogens with one attached hydrogen (secondary N) is 1. The third-order valence-electron chi connectivity index (χ3n) is 3.58. The molecule has 2 rings (SSSR count). The zero-order valence-electron chi connectivity index (χ0n) is 10.0. The van der Waals surface area contributed by atoms with Gasteiger partial charge in [-0.2, -0.15) is 0 Å². The van der Waals surface area contributed by atoms with Crippen LogP contribution < -0.4 is 5.32 Å². The maximum absolute atomic E-state index is 4.39. The van der Waals surface area contributed by atoms with Crippen LogP contribution in [0, 0.1) is 5.92 Å². The van der Waals surface area contributed by atoms with Crippen molar-refractivity contribution in [3.8, 4) is 0 Å². The molecule has 1 fully saturated rings. The summed E-state index contributed by atoms with van der Waals surface area (Å²) in [6.45, 7) is 0. The molecular formula is C13H21N3. The maximum Gasteiger partial charge on any atom is 0.0756 e. The van der Waals surface area contributed by atoms with Crippen molar-refractivity contribution in [1.29, 1.82) is 0 Å². The highest BCUT2D eigenvalue weighted by molar-refractivity contribution is 5.02. The lowest BCUT2D eigenvalue weighted by Crippen LogP contribution is -2.22. The predicted octanol–water partition coefficient (Wildman–Crippen LogP) is 2.71. The van der Waals surface area contributed by atoms with Crippen LogP contribution in [0.4, 0.5) is 0 Å². The monoisotopic (exact) mass is 219 g/mol. The van der Waals surface area contributed by atoms with Crippen LogP contribution in [0.5, 0.6) is 0 Å². The van der Waals surface area contributed by atoms with Crippen molar-refractivity contribution in [2.45, 2.75) is 44.6 Å². The van der Waals surface area contributed by atoms with Gasteiger partial charge in [0.15, 0.2) is 0 Å². The molecule has 1 saturated carbocycles. The highest BCUT2D eigenvalue weighted by Gasteiger charge is 2.19. The van der Waals surface area contributed by atoms with E-state index < -0.39 is 0 Å². The summed E-state index contributed by atoms with van der Waals surface area (Å²) in [6.07, 6.45) is 13.6. The van der Waals surface area contributed by atoms with Crippen LogP contribution in [0.1, 0.15) is 50.3 Å². The topological polar surface area (TPSA) is 37.8 Å². The summed E-state index contributed by atoms with van der Waals surface area (Å²) in [5, 5.41) is 3.36. The maximum atomic E-state index is 4.39. The summed E-state index contributed by atoms with van der Waals surface area (Å²) in [5.41, 5.74) is 1.08. The van der Waals surface area contributed by atoms with Crippen molar-refractivity contribution in [3.05, 3.63) is 24.3 Å². The molecule has 3 nitrogen and oxygen atoms in total. The Kier molecular flexibility index (Phi) is 4.28. The van der Waals surface area contributed by atoms with E-state index >= 15 is 0 Å². The molecule has 1 aromatic heterocycles. The Morgan fingerprint density at radius 1 is 1.31 bits per heavy atom. The van der Waals surface area contributed by atoms with Crippen molar-refractivity contribution in [1.82, 2.24) is 15.3 Å². The van der Waals surface area contributed by atoms with Crippen molar-refractivity contribution in [2.75, 3.05) is 7.05 Å². The first kappa shape index (κ1) is 11.5. The zero-order valence-corrected chi connectivity index (χ0v) is 10.0. The van der Waals surface area contributed by atoms with Gasteiger partial charge in [0, 0.05) is 18.6 Å². The van der Waals surface area contributed by atoms with Crippen LogP contribution in [-0.4, -0.2) is 17.0 Å². The van der Waals surface area contributed by atoms with E-state index in [-0.39, 0.29) is 0 Å². The van der Waals surface area contributed by atoms with Gasteiger partial charge in [0.1, 0.15) is 0 Å². The molecule has 0 aromatic carbocycles. The molecule has 1 aliphatic carbocycles. The van der Waals surface area contributed by atoms with Gasteiger partial charge in [0.2, 0.25) is 0 Å². The van der Waals surface area contributed by atoms with Gasteiger partial charge in [-0.05, 0) is 19.4 Å². The second kappa shape index (κ2) is 5.94. The van der Waals surface area contributed by atoms with Crippen LogP contribution in [-0.2, 0) is 0 Å². The second-order valence-electron chi connectivity index (χ2n) is 4.71. The molecule has 1 aromatic rings. The van der Waals surface area contributed by atoms with E-state index in [4.69, 9.17) is 0 Å². The lowest BCUT2D eigenvalue weighted by Gasteiger charge is -2.25. The van der Waals surface area contributed by atoms with Gasteiger partial charge >= 0.3 is 0 Å². The van der Waals surface area contributed by atoms with Gasteiger partial charge in [-0.15, -0.1) is 0 Å². The molecule has 1 heterocycles. The van der Waals surface area contributed by atoms with Gasteiger partial charge in [0.25, 0.3) is 0 Å². The lowest BCUT2D eigenvalue weighted by molar-refractivity contribution is 0.303. The van der Waals surface area contributed by atoms with Crippen LogP contribution in [0.2, 0.25) is 0 Å². The third kappa shape index (κ3) is 3.01. The van der Waals surface area contributed by atoms with Crippen molar-refractivity contribution >= 4 is 0 Å². The van der Waals surface area contributed by atoms with Gasteiger partial charge in [-0.3, -0.25) is 9.97 Å². The van der Waals surface area contributed by atoms with E-state index in [0.29, 0.717) is 6.04 Å². The Morgan fingerprint density at radius 2 is 2.12 bits per heavy atom. The van der Waals surface area contributed by atoms with Gasteiger partial charge in [-0.1, -0.05) is 32.1 Å². The average Bonchev–Trinajstić information content (AvgIpc) is 2.38. The molecule has 0 radical (unpaired) electrons. The molecule has 88 valence electrons.